The van der Waals surface area contributed by atoms with Crippen LogP contribution in [0.2, 0.25) is 0 Å². The topological polar surface area (TPSA) is 51.8 Å². The highest BCUT2D eigenvalue weighted by Crippen LogP contribution is 2.60. The maximum Gasteiger partial charge on any atom is 0.115 e. The van der Waals surface area contributed by atoms with Gasteiger partial charge in [0.15, 0.2) is 0 Å². The first-order valence-corrected chi connectivity index (χ1v) is 7.79. The fraction of sp³-hybridized carbons (Fsp3) is 0.750. The van der Waals surface area contributed by atoms with E-state index in [9.17, 15) is 0 Å². The highest BCUT2D eigenvalue weighted by atomic mass is 14.9. The Kier molecular flexibility index (Phi) is 2.66. The zero-order valence-electron chi connectivity index (χ0n) is 11.5. The average Bonchev–Trinajstić information content (AvgIpc) is 2.38. The monoisotopic (exact) mass is 257 g/mol. The second kappa shape index (κ2) is 4.27. The van der Waals surface area contributed by atoms with Crippen molar-refractivity contribution in [3.63, 3.8) is 0 Å². The van der Waals surface area contributed by atoms with E-state index in [1.54, 1.807) is 6.33 Å². The summed E-state index contributed by atoms with van der Waals surface area (Å²) in [6.45, 7) is 0.678. The van der Waals surface area contributed by atoms with Crippen LogP contribution in [0.1, 0.15) is 49.9 Å². The fourth-order valence-electron chi connectivity index (χ4n) is 5.40. The normalized spacial score (nSPS) is 39.7. The van der Waals surface area contributed by atoms with Crippen molar-refractivity contribution in [3.05, 3.63) is 23.8 Å². The Morgan fingerprint density at radius 2 is 1.68 bits per heavy atom. The number of aromatic nitrogens is 2. The van der Waals surface area contributed by atoms with Gasteiger partial charge in [0.05, 0.1) is 5.69 Å². The van der Waals surface area contributed by atoms with Crippen LogP contribution < -0.4 is 5.73 Å². The van der Waals surface area contributed by atoms with Gasteiger partial charge in [-0.05, 0) is 68.9 Å². The van der Waals surface area contributed by atoms with Crippen molar-refractivity contribution in [3.8, 4) is 0 Å². The third-order valence-corrected chi connectivity index (χ3v) is 5.71. The Balaban J connectivity index is 1.69. The minimum absolute atomic E-state index is 0.390. The van der Waals surface area contributed by atoms with Crippen molar-refractivity contribution in [2.24, 2.45) is 23.5 Å². The first-order valence-electron chi connectivity index (χ1n) is 7.79. The zero-order chi connectivity index (χ0) is 12.9. The van der Waals surface area contributed by atoms with Crippen LogP contribution in [0.15, 0.2) is 12.4 Å². The Morgan fingerprint density at radius 1 is 1.05 bits per heavy atom. The molecule has 0 atom stereocenters. The average molecular weight is 257 g/mol. The molecule has 0 spiro atoms. The number of nitrogens with zero attached hydrogens (tertiary/aromatic N) is 2. The van der Waals surface area contributed by atoms with Gasteiger partial charge in [-0.25, -0.2) is 9.97 Å². The van der Waals surface area contributed by atoms with E-state index in [0.29, 0.717) is 12.0 Å². The third kappa shape index (κ3) is 1.90. The lowest BCUT2D eigenvalue weighted by Crippen LogP contribution is -2.49. The molecule has 102 valence electrons. The molecule has 0 radical (unpaired) electrons. The van der Waals surface area contributed by atoms with Crippen molar-refractivity contribution in [2.75, 3.05) is 6.54 Å². The van der Waals surface area contributed by atoms with Crippen LogP contribution in [0.25, 0.3) is 0 Å². The smallest absolute Gasteiger partial charge is 0.115 e. The van der Waals surface area contributed by atoms with Gasteiger partial charge in [0.1, 0.15) is 6.33 Å². The molecule has 4 saturated carbocycles. The van der Waals surface area contributed by atoms with Gasteiger partial charge >= 0.3 is 0 Å². The molecule has 0 saturated heterocycles. The molecule has 4 bridgehead atoms. The molecule has 1 heterocycles. The second-order valence-corrected chi connectivity index (χ2v) is 7.13. The fourth-order valence-corrected chi connectivity index (χ4v) is 5.40. The summed E-state index contributed by atoms with van der Waals surface area (Å²) in [6, 6.07) is 2.25. The molecule has 0 aliphatic heterocycles. The molecule has 0 aromatic carbocycles. The summed E-state index contributed by atoms with van der Waals surface area (Å²) in [5, 5.41) is 0. The summed E-state index contributed by atoms with van der Waals surface area (Å²) in [5.41, 5.74) is 8.50. The van der Waals surface area contributed by atoms with E-state index in [1.807, 2.05) is 0 Å². The van der Waals surface area contributed by atoms with Crippen molar-refractivity contribution < 1.29 is 0 Å². The molecule has 1 aromatic rings. The van der Waals surface area contributed by atoms with Crippen LogP contribution >= 0.6 is 0 Å². The maximum atomic E-state index is 5.66. The predicted molar refractivity (Wildman–Crippen MR) is 74.6 cm³/mol. The quantitative estimate of drug-likeness (QED) is 0.905. The van der Waals surface area contributed by atoms with Gasteiger partial charge < -0.3 is 5.73 Å². The predicted octanol–water partition coefficient (Wildman–Crippen LogP) is 2.45. The molecule has 4 fully saturated rings. The Bertz CT molecular complexity index is 447. The number of nitrogens with two attached hydrogens (primary N) is 1. The highest BCUT2D eigenvalue weighted by molar-refractivity contribution is 5.24. The standard InChI is InChI=1S/C16H23N3/c17-2-1-14-6-15(19-10-18-14)16-7-11-3-12(8-16)5-13(4-11)9-16/h6,10-13H,1-5,7-9,17H2. The highest BCUT2D eigenvalue weighted by Gasteiger charge is 2.52. The summed E-state index contributed by atoms with van der Waals surface area (Å²) in [5.74, 6) is 2.91. The first kappa shape index (κ1) is 11.8. The summed E-state index contributed by atoms with van der Waals surface area (Å²) < 4.78 is 0. The maximum absolute atomic E-state index is 5.66. The van der Waals surface area contributed by atoms with Gasteiger partial charge in [0.25, 0.3) is 0 Å². The molecule has 0 unspecified atom stereocenters. The molecule has 4 aliphatic rings. The molecular weight excluding hydrogens is 234 g/mol. The van der Waals surface area contributed by atoms with E-state index >= 15 is 0 Å². The zero-order valence-corrected chi connectivity index (χ0v) is 11.5. The Labute approximate surface area is 115 Å². The van der Waals surface area contributed by atoms with Crippen LogP contribution in [0.5, 0.6) is 0 Å². The third-order valence-electron chi connectivity index (χ3n) is 5.71. The van der Waals surface area contributed by atoms with Gasteiger partial charge in [-0.15, -0.1) is 0 Å². The lowest BCUT2D eigenvalue weighted by Gasteiger charge is -2.56. The van der Waals surface area contributed by atoms with Crippen molar-refractivity contribution in [1.29, 1.82) is 0 Å². The van der Waals surface area contributed by atoms with E-state index in [2.05, 4.69) is 16.0 Å². The van der Waals surface area contributed by atoms with Crippen LogP contribution in [0.4, 0.5) is 0 Å². The molecule has 5 rings (SSSR count). The molecular formula is C16H23N3. The minimum Gasteiger partial charge on any atom is -0.330 e. The number of hydrogen-bond donors (Lipinski definition) is 1. The van der Waals surface area contributed by atoms with Gasteiger partial charge in [0.2, 0.25) is 0 Å². The molecule has 4 aliphatic carbocycles. The van der Waals surface area contributed by atoms with Gasteiger partial charge in [-0.1, -0.05) is 0 Å². The van der Waals surface area contributed by atoms with Crippen LogP contribution in [0.3, 0.4) is 0 Å². The van der Waals surface area contributed by atoms with Crippen molar-refractivity contribution in [1.82, 2.24) is 9.97 Å². The molecule has 3 nitrogen and oxygen atoms in total. The van der Waals surface area contributed by atoms with Crippen LogP contribution in [-0.4, -0.2) is 16.5 Å². The summed E-state index contributed by atoms with van der Waals surface area (Å²) >= 11 is 0. The largest absolute Gasteiger partial charge is 0.330 e. The molecule has 3 heteroatoms. The van der Waals surface area contributed by atoms with Gasteiger partial charge in [-0.2, -0.15) is 0 Å². The van der Waals surface area contributed by atoms with E-state index in [1.165, 1.54) is 44.2 Å². The van der Waals surface area contributed by atoms with Gasteiger partial charge in [-0.3, -0.25) is 0 Å². The molecule has 0 amide bonds. The first-order chi connectivity index (χ1) is 9.27. The second-order valence-electron chi connectivity index (χ2n) is 7.13. The number of rotatable bonds is 3. The van der Waals surface area contributed by atoms with E-state index in [4.69, 9.17) is 5.73 Å². The van der Waals surface area contributed by atoms with Crippen LogP contribution in [0, 0.1) is 17.8 Å². The summed E-state index contributed by atoms with van der Waals surface area (Å²) in [4.78, 5) is 9.03. The van der Waals surface area contributed by atoms with E-state index in [-0.39, 0.29) is 0 Å². The molecule has 19 heavy (non-hydrogen) atoms. The molecule has 2 N–H and O–H groups in total. The summed E-state index contributed by atoms with van der Waals surface area (Å²) in [7, 11) is 0. The molecule has 1 aromatic heterocycles. The number of hydrogen-bond acceptors (Lipinski definition) is 3. The summed E-state index contributed by atoms with van der Waals surface area (Å²) in [6.07, 6.45) is 11.2. The lowest BCUT2D eigenvalue weighted by molar-refractivity contribution is -0.00730. The van der Waals surface area contributed by atoms with E-state index < -0.39 is 0 Å². The van der Waals surface area contributed by atoms with Crippen molar-refractivity contribution in [2.45, 2.75) is 50.4 Å². The lowest BCUT2D eigenvalue weighted by atomic mass is 9.49. The van der Waals surface area contributed by atoms with Crippen molar-refractivity contribution >= 4 is 0 Å². The van der Waals surface area contributed by atoms with E-state index in [0.717, 1.165) is 29.9 Å². The Morgan fingerprint density at radius 3 is 2.26 bits per heavy atom. The van der Waals surface area contributed by atoms with Gasteiger partial charge in [0, 0.05) is 17.5 Å². The van der Waals surface area contributed by atoms with Crippen LogP contribution in [-0.2, 0) is 11.8 Å². The Hall–Kier alpha value is -0.960. The minimum atomic E-state index is 0.390. The SMILES string of the molecule is NCCc1cc(C23CC4CC(CC(C4)C2)C3)ncn1.